The molecule has 7 heteroatoms. The van der Waals surface area contributed by atoms with Crippen LogP contribution in [-0.4, -0.2) is 28.0 Å². The van der Waals surface area contributed by atoms with E-state index in [0.717, 1.165) is 42.3 Å². The van der Waals surface area contributed by atoms with Crippen LogP contribution in [0.4, 0.5) is 11.5 Å². The molecule has 0 spiro atoms. The summed E-state index contributed by atoms with van der Waals surface area (Å²) < 4.78 is 0. The molecule has 24 heavy (non-hydrogen) atoms. The highest BCUT2D eigenvalue weighted by molar-refractivity contribution is 7.13. The zero-order valence-electron chi connectivity index (χ0n) is 13.0. The van der Waals surface area contributed by atoms with E-state index in [1.165, 1.54) is 18.6 Å². The number of nitrogens with zero attached hydrogens (tertiary/aromatic N) is 4. The van der Waals surface area contributed by atoms with Crippen LogP contribution in [0.25, 0.3) is 21.6 Å². The van der Waals surface area contributed by atoms with Gasteiger partial charge in [-0.3, -0.25) is 10.1 Å². The number of benzene rings is 1. The molecule has 0 N–H and O–H groups in total. The van der Waals surface area contributed by atoms with Crippen LogP contribution >= 0.6 is 11.3 Å². The first-order valence-corrected chi connectivity index (χ1v) is 8.85. The molecule has 0 aliphatic carbocycles. The van der Waals surface area contributed by atoms with Crippen LogP contribution in [0.5, 0.6) is 0 Å². The zero-order valence-corrected chi connectivity index (χ0v) is 13.8. The molecule has 1 aliphatic heterocycles. The highest BCUT2D eigenvalue weighted by atomic mass is 32.1. The molecule has 1 aromatic carbocycles. The highest BCUT2D eigenvalue weighted by Gasteiger charge is 2.20. The fourth-order valence-corrected chi connectivity index (χ4v) is 3.76. The predicted octanol–water partition coefficient (Wildman–Crippen LogP) is 4.26. The number of hydrogen-bond donors (Lipinski definition) is 0. The lowest BCUT2D eigenvalue weighted by atomic mass is 10.1. The van der Waals surface area contributed by atoms with E-state index in [4.69, 9.17) is 9.97 Å². The SMILES string of the molecule is O=[N+]([O-])c1ccc2nc(N3CCCCC3)c(-c3cccs3)nc2c1. The topological polar surface area (TPSA) is 72.2 Å². The first-order chi connectivity index (χ1) is 11.7. The third kappa shape index (κ3) is 2.71. The summed E-state index contributed by atoms with van der Waals surface area (Å²) in [5.74, 6) is 0.888. The second kappa shape index (κ2) is 6.16. The Hall–Kier alpha value is -2.54. The van der Waals surface area contributed by atoms with Gasteiger partial charge in [0.25, 0.3) is 5.69 Å². The van der Waals surface area contributed by atoms with Crippen molar-refractivity contribution in [2.24, 2.45) is 0 Å². The lowest BCUT2D eigenvalue weighted by Gasteiger charge is -2.29. The maximum absolute atomic E-state index is 11.0. The number of nitro benzene ring substituents is 1. The summed E-state index contributed by atoms with van der Waals surface area (Å²) in [6.45, 7) is 1.96. The molecular formula is C17H16N4O2S. The number of aromatic nitrogens is 2. The number of hydrogen-bond acceptors (Lipinski definition) is 6. The maximum Gasteiger partial charge on any atom is 0.271 e. The molecule has 4 rings (SSSR count). The number of nitro groups is 1. The van der Waals surface area contributed by atoms with Gasteiger partial charge in [0.05, 0.1) is 20.8 Å². The van der Waals surface area contributed by atoms with Crippen molar-refractivity contribution in [1.82, 2.24) is 9.97 Å². The molecular weight excluding hydrogens is 324 g/mol. The molecule has 3 heterocycles. The van der Waals surface area contributed by atoms with Gasteiger partial charge in [-0.25, -0.2) is 9.97 Å². The number of piperidine rings is 1. The van der Waals surface area contributed by atoms with Crippen molar-refractivity contribution in [3.05, 3.63) is 45.8 Å². The Kier molecular flexibility index (Phi) is 3.86. The van der Waals surface area contributed by atoms with E-state index in [2.05, 4.69) is 4.90 Å². The molecule has 0 atom stereocenters. The molecule has 0 unspecified atom stereocenters. The minimum Gasteiger partial charge on any atom is -0.355 e. The summed E-state index contributed by atoms with van der Waals surface area (Å²) >= 11 is 1.61. The summed E-state index contributed by atoms with van der Waals surface area (Å²) in [5.41, 5.74) is 2.12. The van der Waals surface area contributed by atoms with Crippen molar-refractivity contribution in [2.45, 2.75) is 19.3 Å². The monoisotopic (exact) mass is 340 g/mol. The third-order valence-electron chi connectivity index (χ3n) is 4.25. The Morgan fingerprint density at radius 3 is 2.62 bits per heavy atom. The Labute approximate surface area is 142 Å². The number of fused-ring (bicyclic) bond motifs is 1. The van der Waals surface area contributed by atoms with Gasteiger partial charge in [-0.2, -0.15) is 0 Å². The largest absolute Gasteiger partial charge is 0.355 e. The Balaban J connectivity index is 1.90. The molecule has 2 aromatic heterocycles. The normalized spacial score (nSPS) is 14.9. The minimum atomic E-state index is -0.398. The average molecular weight is 340 g/mol. The Morgan fingerprint density at radius 1 is 1.08 bits per heavy atom. The Bertz CT molecular complexity index is 889. The van der Waals surface area contributed by atoms with Gasteiger partial charge in [-0.1, -0.05) is 6.07 Å². The highest BCUT2D eigenvalue weighted by Crippen LogP contribution is 2.34. The third-order valence-corrected chi connectivity index (χ3v) is 5.13. The van der Waals surface area contributed by atoms with E-state index in [1.54, 1.807) is 17.4 Å². The zero-order chi connectivity index (χ0) is 16.5. The fraction of sp³-hybridized carbons (Fsp3) is 0.294. The van der Waals surface area contributed by atoms with Crippen LogP contribution in [0.3, 0.4) is 0 Å². The standard InChI is InChI=1S/C17H16N4O2S/c22-21(23)12-6-7-13-14(11-12)18-16(15-5-4-10-24-15)17(19-13)20-8-2-1-3-9-20/h4-7,10-11H,1-3,8-9H2. The molecule has 122 valence electrons. The van der Waals surface area contributed by atoms with E-state index in [0.29, 0.717) is 11.0 Å². The lowest BCUT2D eigenvalue weighted by molar-refractivity contribution is -0.384. The first kappa shape index (κ1) is 15.0. The van der Waals surface area contributed by atoms with E-state index in [-0.39, 0.29) is 5.69 Å². The van der Waals surface area contributed by atoms with Gasteiger partial charge in [0.2, 0.25) is 0 Å². The Morgan fingerprint density at radius 2 is 1.92 bits per heavy atom. The van der Waals surface area contributed by atoms with Crippen LogP contribution < -0.4 is 4.90 Å². The van der Waals surface area contributed by atoms with Crippen LogP contribution in [0, 0.1) is 10.1 Å². The quantitative estimate of drug-likeness (QED) is 0.526. The number of thiophene rings is 1. The molecule has 1 fully saturated rings. The van der Waals surface area contributed by atoms with Crippen LogP contribution in [0.1, 0.15) is 19.3 Å². The smallest absolute Gasteiger partial charge is 0.271 e. The number of anilines is 1. The van der Waals surface area contributed by atoms with Crippen molar-refractivity contribution in [2.75, 3.05) is 18.0 Å². The van der Waals surface area contributed by atoms with Gasteiger partial charge in [0.1, 0.15) is 5.69 Å². The summed E-state index contributed by atoms with van der Waals surface area (Å²) in [5, 5.41) is 13.0. The van der Waals surface area contributed by atoms with Crippen molar-refractivity contribution in [3.8, 4) is 10.6 Å². The van der Waals surface area contributed by atoms with Gasteiger partial charge in [-0.05, 0) is 36.8 Å². The van der Waals surface area contributed by atoms with Gasteiger partial charge in [0, 0.05) is 25.2 Å². The molecule has 0 radical (unpaired) electrons. The van der Waals surface area contributed by atoms with Gasteiger partial charge < -0.3 is 4.90 Å². The van der Waals surface area contributed by atoms with Crippen molar-refractivity contribution < 1.29 is 4.92 Å². The molecule has 1 aliphatic rings. The first-order valence-electron chi connectivity index (χ1n) is 7.97. The summed E-state index contributed by atoms with van der Waals surface area (Å²) in [6, 6.07) is 8.68. The van der Waals surface area contributed by atoms with Crippen molar-refractivity contribution >= 4 is 33.9 Å². The molecule has 0 amide bonds. The van der Waals surface area contributed by atoms with Gasteiger partial charge in [-0.15, -0.1) is 11.3 Å². The number of rotatable bonds is 3. The second-order valence-corrected chi connectivity index (χ2v) is 6.80. The van der Waals surface area contributed by atoms with E-state index < -0.39 is 4.92 Å². The molecule has 0 saturated carbocycles. The van der Waals surface area contributed by atoms with Gasteiger partial charge >= 0.3 is 0 Å². The average Bonchev–Trinajstić information content (AvgIpc) is 3.15. The number of non-ortho nitro benzene ring substituents is 1. The predicted molar refractivity (Wildman–Crippen MR) is 95.6 cm³/mol. The van der Waals surface area contributed by atoms with Gasteiger partial charge in [0.15, 0.2) is 5.82 Å². The van der Waals surface area contributed by atoms with Crippen LogP contribution in [0.2, 0.25) is 0 Å². The van der Waals surface area contributed by atoms with Crippen LogP contribution in [-0.2, 0) is 0 Å². The van der Waals surface area contributed by atoms with Crippen molar-refractivity contribution in [1.29, 1.82) is 0 Å². The van der Waals surface area contributed by atoms with E-state index in [1.807, 2.05) is 17.5 Å². The van der Waals surface area contributed by atoms with Crippen LogP contribution in [0.15, 0.2) is 35.7 Å². The molecule has 0 bridgehead atoms. The van der Waals surface area contributed by atoms with Crippen molar-refractivity contribution in [3.63, 3.8) is 0 Å². The summed E-state index contributed by atoms with van der Waals surface area (Å²) in [6.07, 6.45) is 3.56. The second-order valence-electron chi connectivity index (χ2n) is 5.85. The minimum absolute atomic E-state index is 0.0413. The van der Waals surface area contributed by atoms with E-state index >= 15 is 0 Å². The summed E-state index contributed by atoms with van der Waals surface area (Å²) in [4.78, 5) is 23.5. The fourth-order valence-electron chi connectivity index (χ4n) is 3.05. The summed E-state index contributed by atoms with van der Waals surface area (Å²) in [7, 11) is 0. The molecule has 6 nitrogen and oxygen atoms in total. The molecule has 1 saturated heterocycles. The van der Waals surface area contributed by atoms with E-state index in [9.17, 15) is 10.1 Å². The molecule has 3 aromatic rings. The lowest BCUT2D eigenvalue weighted by Crippen LogP contribution is -2.30. The maximum atomic E-state index is 11.0.